The van der Waals surface area contributed by atoms with Gasteiger partial charge in [-0.25, -0.2) is 16.8 Å². The van der Waals surface area contributed by atoms with E-state index < -0.39 is 20.2 Å². The third kappa shape index (κ3) is 7.74. The molecule has 0 aliphatic carbocycles. The molecule has 0 fully saturated rings. The molecule has 9 heteroatoms. The summed E-state index contributed by atoms with van der Waals surface area (Å²) in [6, 6.07) is 11.6. The van der Waals surface area contributed by atoms with Crippen molar-refractivity contribution in [1.29, 1.82) is 0 Å². The maximum Gasteiger partial charge on any atom is 0.124 e. The van der Waals surface area contributed by atoms with Crippen LogP contribution in [0.1, 0.15) is 11.1 Å². The summed E-state index contributed by atoms with van der Waals surface area (Å²) in [5, 5.41) is 0. The van der Waals surface area contributed by atoms with Crippen molar-refractivity contribution in [3.8, 4) is 0 Å². The number of benzene rings is 2. The fraction of sp³-hybridized carbons (Fsp3) is 0.143. The van der Waals surface area contributed by atoms with Gasteiger partial charge in [-0.05, 0) is 38.1 Å². The first-order valence-electron chi connectivity index (χ1n) is 6.05. The Morgan fingerprint density at radius 1 is 0.609 bits per heavy atom. The summed E-state index contributed by atoms with van der Waals surface area (Å²) in [7, 11) is -8.54. The van der Waals surface area contributed by atoms with Gasteiger partial charge in [0.15, 0.2) is 0 Å². The van der Waals surface area contributed by atoms with E-state index in [9.17, 15) is 25.9 Å². The Labute approximate surface area is 146 Å². The summed E-state index contributed by atoms with van der Waals surface area (Å²) >= 11 is 0. The fourth-order valence-electron chi connectivity index (χ4n) is 1.41. The van der Waals surface area contributed by atoms with E-state index in [-0.39, 0.29) is 26.9 Å². The zero-order valence-electron chi connectivity index (χ0n) is 12.2. The van der Waals surface area contributed by atoms with Gasteiger partial charge in [0.1, 0.15) is 20.2 Å². The quantitative estimate of drug-likeness (QED) is 0.555. The van der Waals surface area contributed by atoms with Crippen molar-refractivity contribution in [1.82, 2.24) is 0 Å². The predicted molar refractivity (Wildman–Crippen MR) is 78.3 cm³/mol. The molecular weight excluding hydrogens is 392 g/mol. The first kappa shape index (κ1) is 21.8. The molecule has 0 bridgehead atoms. The molecular formula is C14H14CuO6S2-2. The molecule has 2 aromatic rings. The van der Waals surface area contributed by atoms with Gasteiger partial charge in [0.05, 0.1) is 9.79 Å². The number of aryl methyl sites for hydroxylation is 2. The molecule has 0 aliphatic rings. The topological polar surface area (TPSA) is 114 Å². The van der Waals surface area contributed by atoms with Gasteiger partial charge in [-0.1, -0.05) is 35.4 Å². The van der Waals surface area contributed by atoms with E-state index in [4.69, 9.17) is 0 Å². The number of hydrogen-bond acceptors (Lipinski definition) is 6. The number of hydrogen-bond donors (Lipinski definition) is 0. The van der Waals surface area contributed by atoms with Gasteiger partial charge in [-0.15, -0.1) is 0 Å². The minimum atomic E-state index is -4.27. The summed E-state index contributed by atoms with van der Waals surface area (Å²) in [5.41, 5.74) is 1.86. The second-order valence-corrected chi connectivity index (χ2v) is 7.29. The van der Waals surface area contributed by atoms with Crippen LogP contribution in [-0.2, 0) is 37.3 Å². The molecule has 131 valence electrons. The molecule has 0 heterocycles. The third-order valence-electron chi connectivity index (χ3n) is 2.62. The maximum atomic E-state index is 10.4. The van der Waals surface area contributed by atoms with E-state index in [1.165, 1.54) is 24.3 Å². The summed E-state index contributed by atoms with van der Waals surface area (Å²) < 4.78 is 62.3. The van der Waals surface area contributed by atoms with Gasteiger partial charge in [-0.3, -0.25) is 0 Å². The van der Waals surface area contributed by atoms with Crippen LogP contribution in [0.2, 0.25) is 0 Å². The smallest absolute Gasteiger partial charge is 0.124 e. The monoisotopic (exact) mass is 405 g/mol. The average molecular weight is 406 g/mol. The molecule has 0 aliphatic heterocycles. The minimum absolute atomic E-state index is 0. The largest absolute Gasteiger partial charge is 0.744 e. The van der Waals surface area contributed by atoms with E-state index in [0.29, 0.717) is 0 Å². The molecule has 0 aromatic heterocycles. The second-order valence-electron chi connectivity index (χ2n) is 4.53. The molecule has 0 N–H and O–H groups in total. The van der Waals surface area contributed by atoms with Crippen molar-refractivity contribution in [2.24, 2.45) is 0 Å². The Bertz CT molecular complexity index is 752. The molecule has 0 atom stereocenters. The zero-order valence-corrected chi connectivity index (χ0v) is 14.8. The van der Waals surface area contributed by atoms with E-state index >= 15 is 0 Å². The first-order chi connectivity index (χ1) is 10.00. The van der Waals surface area contributed by atoms with E-state index in [1.54, 1.807) is 24.3 Å². The normalized spacial score (nSPS) is 11.0. The molecule has 0 saturated heterocycles. The Hall–Kier alpha value is -1.22. The zero-order chi connectivity index (χ0) is 17.0. The predicted octanol–water partition coefficient (Wildman–Crippen LogP) is 1.80. The SMILES string of the molecule is Cc1ccc(S(=O)(=O)[O-])cc1.Cc1ccc(S(=O)(=O)[O-])cc1.[Cu]. The molecule has 0 spiro atoms. The van der Waals surface area contributed by atoms with Crippen LogP contribution in [0, 0.1) is 13.8 Å². The Morgan fingerprint density at radius 2 is 0.826 bits per heavy atom. The standard InChI is InChI=1S/2C7H8O3S.Cu/c2*1-6-2-4-7(5-3-6)11(8,9)10;/h2*2-5H,1H3,(H,8,9,10);/p-2. The van der Waals surface area contributed by atoms with Gasteiger partial charge in [0, 0.05) is 17.1 Å². The second kappa shape index (κ2) is 8.58. The van der Waals surface area contributed by atoms with Crippen LogP contribution in [0.15, 0.2) is 58.3 Å². The molecule has 2 rings (SSSR count). The third-order valence-corrected chi connectivity index (χ3v) is 4.32. The summed E-state index contributed by atoms with van der Waals surface area (Å²) in [5.74, 6) is 0. The molecule has 0 saturated carbocycles. The summed E-state index contributed by atoms with van der Waals surface area (Å²) in [6.07, 6.45) is 0. The van der Waals surface area contributed by atoms with Crippen molar-refractivity contribution in [3.63, 3.8) is 0 Å². The fourth-order valence-corrected chi connectivity index (χ4v) is 2.35. The molecule has 23 heavy (non-hydrogen) atoms. The number of rotatable bonds is 2. The van der Waals surface area contributed by atoms with Gasteiger partial charge in [-0.2, -0.15) is 0 Å². The van der Waals surface area contributed by atoms with Gasteiger partial charge >= 0.3 is 0 Å². The van der Waals surface area contributed by atoms with Crippen molar-refractivity contribution in [2.75, 3.05) is 0 Å². The van der Waals surface area contributed by atoms with Crippen LogP contribution < -0.4 is 0 Å². The van der Waals surface area contributed by atoms with Gasteiger partial charge in [0.2, 0.25) is 0 Å². The summed E-state index contributed by atoms with van der Waals surface area (Å²) in [4.78, 5) is -0.355. The molecule has 0 unspecified atom stereocenters. The van der Waals surface area contributed by atoms with Crippen molar-refractivity contribution in [3.05, 3.63) is 59.7 Å². The molecule has 2 aromatic carbocycles. The molecule has 0 amide bonds. The van der Waals surface area contributed by atoms with Crippen molar-refractivity contribution >= 4 is 20.2 Å². The average Bonchev–Trinajstić information content (AvgIpc) is 2.38. The van der Waals surface area contributed by atoms with Crippen LogP contribution in [0.25, 0.3) is 0 Å². The van der Waals surface area contributed by atoms with E-state index in [0.717, 1.165) is 11.1 Å². The van der Waals surface area contributed by atoms with Crippen LogP contribution in [0.5, 0.6) is 0 Å². The Balaban J connectivity index is 0.000000403. The van der Waals surface area contributed by atoms with Gasteiger partial charge < -0.3 is 9.11 Å². The maximum absolute atomic E-state index is 10.4. The van der Waals surface area contributed by atoms with E-state index in [1.807, 2.05) is 13.8 Å². The van der Waals surface area contributed by atoms with Crippen LogP contribution in [-0.4, -0.2) is 25.9 Å². The first-order valence-corrected chi connectivity index (χ1v) is 8.87. The van der Waals surface area contributed by atoms with Crippen molar-refractivity contribution < 1.29 is 43.0 Å². The van der Waals surface area contributed by atoms with Crippen LogP contribution >= 0.6 is 0 Å². The Morgan fingerprint density at radius 3 is 1.00 bits per heavy atom. The summed E-state index contributed by atoms with van der Waals surface area (Å²) in [6.45, 7) is 3.64. The van der Waals surface area contributed by atoms with Crippen molar-refractivity contribution in [2.45, 2.75) is 23.6 Å². The Kier molecular flexibility index (Phi) is 8.13. The molecule has 1 radical (unpaired) electrons. The minimum Gasteiger partial charge on any atom is -0.744 e. The van der Waals surface area contributed by atoms with Crippen LogP contribution in [0.3, 0.4) is 0 Å². The van der Waals surface area contributed by atoms with Crippen LogP contribution in [0.4, 0.5) is 0 Å². The van der Waals surface area contributed by atoms with E-state index in [2.05, 4.69) is 0 Å². The van der Waals surface area contributed by atoms with Gasteiger partial charge in [0.25, 0.3) is 0 Å². The molecule has 6 nitrogen and oxygen atoms in total.